The van der Waals surface area contributed by atoms with Crippen LogP contribution in [0.1, 0.15) is 26.7 Å². The van der Waals surface area contributed by atoms with E-state index in [1.165, 1.54) is 6.42 Å². The molecule has 0 rings (SSSR count). The van der Waals surface area contributed by atoms with Crippen LogP contribution in [0.2, 0.25) is 0 Å². The van der Waals surface area contributed by atoms with Gasteiger partial charge in [0.15, 0.2) is 0 Å². The zero-order valence-electron chi connectivity index (χ0n) is 5.41. The molecule has 0 atom stereocenters. The fourth-order valence-corrected chi connectivity index (χ4v) is 0.408. The minimum atomic E-state index is 0. The van der Waals surface area contributed by atoms with Crippen LogP contribution in [0, 0.1) is 12.8 Å². The second-order valence-electron chi connectivity index (χ2n) is 2.04. The molecule has 0 bridgehead atoms. The van der Waals surface area contributed by atoms with Crippen LogP contribution in [0.25, 0.3) is 0 Å². The summed E-state index contributed by atoms with van der Waals surface area (Å²) < 4.78 is 0. The Balaban J connectivity index is 0. The van der Waals surface area contributed by atoms with Crippen LogP contribution in [0.15, 0.2) is 0 Å². The summed E-state index contributed by atoms with van der Waals surface area (Å²) in [5.41, 5.74) is 0. The van der Waals surface area contributed by atoms with Crippen molar-refractivity contribution in [1.29, 1.82) is 0 Å². The van der Waals surface area contributed by atoms with Gasteiger partial charge in [-0.05, 0) is 5.92 Å². The van der Waals surface area contributed by atoms with Gasteiger partial charge < -0.3 is 6.92 Å². The molecular weight excluding hydrogens is 137 g/mol. The van der Waals surface area contributed by atoms with Crippen molar-refractivity contribution in [3.05, 3.63) is 6.92 Å². The van der Waals surface area contributed by atoms with Crippen molar-refractivity contribution in [3.8, 4) is 0 Å². The van der Waals surface area contributed by atoms with E-state index in [4.69, 9.17) is 0 Å². The third-order valence-corrected chi connectivity index (χ3v) is 0.781. The van der Waals surface area contributed by atoms with Gasteiger partial charge in [0.05, 0.1) is 0 Å². The molecule has 0 aromatic rings. The Bertz CT molecular complexity index is 25.4. The molecule has 0 amide bonds. The molecule has 0 aliphatic heterocycles. The van der Waals surface area contributed by atoms with Crippen molar-refractivity contribution in [2.75, 3.05) is 0 Å². The Morgan fingerprint density at radius 1 is 1.43 bits per heavy atom. The van der Waals surface area contributed by atoms with Crippen LogP contribution >= 0.6 is 0 Å². The maximum Gasteiger partial charge on any atom is 0 e. The standard InChI is InChI=1S/C6H13.Zn/c1-4-5-6(2)3;/h6H,1,4-5H2,2-3H3;/q-1;. The van der Waals surface area contributed by atoms with Crippen molar-refractivity contribution >= 4 is 0 Å². The molecule has 0 nitrogen and oxygen atoms in total. The van der Waals surface area contributed by atoms with Gasteiger partial charge >= 0.3 is 0 Å². The zero-order valence-corrected chi connectivity index (χ0v) is 8.37. The van der Waals surface area contributed by atoms with Gasteiger partial charge in [-0.25, -0.2) is 0 Å². The van der Waals surface area contributed by atoms with E-state index in [0.29, 0.717) is 0 Å². The summed E-state index contributed by atoms with van der Waals surface area (Å²) in [7, 11) is 0. The van der Waals surface area contributed by atoms with Crippen LogP contribution in [0.3, 0.4) is 0 Å². The average molecular weight is 151 g/mol. The minimum absolute atomic E-state index is 0. The molecule has 0 N–H and O–H groups in total. The maximum atomic E-state index is 3.73. The van der Waals surface area contributed by atoms with E-state index in [9.17, 15) is 0 Å². The quantitative estimate of drug-likeness (QED) is 0.419. The Hall–Kier alpha value is 0.623. The first-order chi connectivity index (χ1) is 2.77. The number of hydrogen-bond donors (Lipinski definition) is 0. The summed E-state index contributed by atoms with van der Waals surface area (Å²) >= 11 is 0. The van der Waals surface area contributed by atoms with Gasteiger partial charge in [0, 0.05) is 19.5 Å². The van der Waals surface area contributed by atoms with E-state index in [1.807, 2.05) is 0 Å². The molecule has 40 valence electrons. The van der Waals surface area contributed by atoms with Gasteiger partial charge in [-0.1, -0.05) is 20.3 Å². The van der Waals surface area contributed by atoms with Crippen molar-refractivity contribution in [1.82, 2.24) is 0 Å². The summed E-state index contributed by atoms with van der Waals surface area (Å²) in [6.07, 6.45) is 2.34. The molecule has 7 heavy (non-hydrogen) atoms. The van der Waals surface area contributed by atoms with E-state index in [1.54, 1.807) is 0 Å². The number of hydrogen-bond acceptors (Lipinski definition) is 0. The van der Waals surface area contributed by atoms with E-state index in [2.05, 4.69) is 20.8 Å². The monoisotopic (exact) mass is 149 g/mol. The first-order valence-corrected chi connectivity index (χ1v) is 2.56. The predicted molar refractivity (Wildman–Crippen MR) is 29.4 cm³/mol. The molecule has 0 spiro atoms. The van der Waals surface area contributed by atoms with Crippen LogP contribution in [-0.4, -0.2) is 0 Å². The Kier molecular flexibility index (Phi) is 10.0. The molecule has 0 radical (unpaired) electrons. The SMILES string of the molecule is [CH2-]CCC(C)C.[Zn]. The summed E-state index contributed by atoms with van der Waals surface area (Å²) in [6, 6.07) is 0. The molecule has 0 aromatic carbocycles. The van der Waals surface area contributed by atoms with E-state index in [-0.39, 0.29) is 19.5 Å². The molecule has 0 fully saturated rings. The van der Waals surface area contributed by atoms with E-state index < -0.39 is 0 Å². The fraction of sp³-hybridized carbons (Fsp3) is 0.833. The van der Waals surface area contributed by atoms with Gasteiger partial charge in [0.25, 0.3) is 0 Å². The molecule has 0 aliphatic carbocycles. The molecule has 0 aromatic heterocycles. The largest absolute Gasteiger partial charge is 0.343 e. The van der Waals surface area contributed by atoms with Gasteiger partial charge in [-0.3, -0.25) is 0 Å². The summed E-state index contributed by atoms with van der Waals surface area (Å²) in [4.78, 5) is 0. The minimum Gasteiger partial charge on any atom is -0.343 e. The molecule has 0 heterocycles. The van der Waals surface area contributed by atoms with Crippen molar-refractivity contribution < 1.29 is 19.5 Å². The first-order valence-electron chi connectivity index (χ1n) is 2.56. The van der Waals surface area contributed by atoms with Crippen LogP contribution < -0.4 is 0 Å². The fourth-order valence-electron chi connectivity index (χ4n) is 0.408. The summed E-state index contributed by atoms with van der Waals surface area (Å²) in [5.74, 6) is 0.836. The Labute approximate surface area is 59.4 Å². The van der Waals surface area contributed by atoms with Crippen molar-refractivity contribution in [2.24, 2.45) is 5.92 Å². The smallest absolute Gasteiger partial charge is 0 e. The average Bonchev–Trinajstić information content (AvgIpc) is 1.35. The summed E-state index contributed by atoms with van der Waals surface area (Å²) in [5, 5.41) is 0. The molecular formula is C6H13Zn-. The Morgan fingerprint density at radius 2 is 1.86 bits per heavy atom. The maximum absolute atomic E-state index is 3.73. The van der Waals surface area contributed by atoms with Gasteiger partial charge in [0.2, 0.25) is 0 Å². The van der Waals surface area contributed by atoms with Gasteiger partial charge in [-0.15, -0.1) is 0 Å². The third-order valence-electron chi connectivity index (χ3n) is 0.781. The third kappa shape index (κ3) is 10.8. The van der Waals surface area contributed by atoms with Gasteiger partial charge in [-0.2, -0.15) is 6.42 Å². The molecule has 0 saturated heterocycles. The van der Waals surface area contributed by atoms with Crippen LogP contribution in [0.4, 0.5) is 0 Å². The van der Waals surface area contributed by atoms with Crippen LogP contribution in [-0.2, 0) is 19.5 Å². The zero-order chi connectivity index (χ0) is 4.99. The second kappa shape index (κ2) is 6.62. The van der Waals surface area contributed by atoms with E-state index in [0.717, 1.165) is 12.3 Å². The van der Waals surface area contributed by atoms with Crippen molar-refractivity contribution in [3.63, 3.8) is 0 Å². The molecule has 0 aliphatic rings. The van der Waals surface area contributed by atoms with Crippen LogP contribution in [0.5, 0.6) is 0 Å². The normalized spacial score (nSPS) is 8.57. The molecule has 0 saturated carbocycles. The molecule has 0 unspecified atom stereocenters. The predicted octanol–water partition coefficient (Wildman–Crippen LogP) is 2.25. The van der Waals surface area contributed by atoms with Gasteiger partial charge in [0.1, 0.15) is 0 Å². The molecule has 1 heteroatoms. The Morgan fingerprint density at radius 3 is 1.86 bits per heavy atom. The van der Waals surface area contributed by atoms with E-state index >= 15 is 0 Å². The topological polar surface area (TPSA) is 0 Å². The van der Waals surface area contributed by atoms with Crippen molar-refractivity contribution in [2.45, 2.75) is 26.7 Å². The number of rotatable bonds is 2. The second-order valence-corrected chi connectivity index (χ2v) is 2.04. The first kappa shape index (κ1) is 10.6. The summed E-state index contributed by atoms with van der Waals surface area (Å²) in [6.45, 7) is 8.15.